The number of amides is 2. The molecule has 3 rings (SSSR count). The van der Waals surface area contributed by atoms with Crippen molar-refractivity contribution >= 4 is 11.8 Å². The second-order valence-electron chi connectivity index (χ2n) is 7.58. The Morgan fingerprint density at radius 1 is 0.963 bits per heavy atom. The van der Waals surface area contributed by atoms with Crippen LogP contribution in [-0.2, 0) is 4.79 Å². The molecule has 0 aliphatic carbocycles. The number of rotatable bonds is 7. The van der Waals surface area contributed by atoms with Crippen molar-refractivity contribution in [3.05, 3.63) is 23.8 Å². The van der Waals surface area contributed by atoms with Crippen LogP contribution < -0.4 is 0 Å². The van der Waals surface area contributed by atoms with Crippen LogP contribution in [-0.4, -0.2) is 82.3 Å². The van der Waals surface area contributed by atoms with Crippen molar-refractivity contribution in [1.82, 2.24) is 24.7 Å². The maximum atomic E-state index is 12.9. The van der Waals surface area contributed by atoms with E-state index < -0.39 is 0 Å². The van der Waals surface area contributed by atoms with Crippen molar-refractivity contribution in [2.24, 2.45) is 0 Å². The number of aromatic nitrogens is 2. The van der Waals surface area contributed by atoms with E-state index in [9.17, 15) is 9.59 Å². The van der Waals surface area contributed by atoms with Gasteiger partial charge in [-0.05, 0) is 45.7 Å². The third-order valence-electron chi connectivity index (χ3n) is 5.48. The zero-order chi connectivity index (χ0) is 19.1. The molecular formula is C20H31N5O2. The predicted molar refractivity (Wildman–Crippen MR) is 103 cm³/mol. The third-order valence-corrected chi connectivity index (χ3v) is 5.48. The fraction of sp³-hybridized carbons (Fsp3) is 0.700. The molecule has 2 aliphatic heterocycles. The van der Waals surface area contributed by atoms with Crippen LogP contribution in [0.3, 0.4) is 0 Å². The summed E-state index contributed by atoms with van der Waals surface area (Å²) in [5.74, 6) is 0.0204. The summed E-state index contributed by atoms with van der Waals surface area (Å²) >= 11 is 0. The molecule has 0 radical (unpaired) electrons. The Balaban J connectivity index is 1.60. The Morgan fingerprint density at radius 2 is 1.67 bits per heavy atom. The van der Waals surface area contributed by atoms with E-state index in [0.29, 0.717) is 25.2 Å². The summed E-state index contributed by atoms with van der Waals surface area (Å²) in [6, 6.07) is 0. The minimum Gasteiger partial charge on any atom is -0.343 e. The van der Waals surface area contributed by atoms with Gasteiger partial charge in [-0.1, -0.05) is 6.42 Å². The van der Waals surface area contributed by atoms with Crippen LogP contribution in [0.1, 0.15) is 54.7 Å². The molecule has 0 N–H and O–H groups in total. The Kier molecular flexibility index (Phi) is 7.15. The molecule has 3 heterocycles. The van der Waals surface area contributed by atoms with Gasteiger partial charge in [0.25, 0.3) is 5.91 Å². The SMILES string of the molecule is Cc1cnc(C(=O)N(CCC(=O)N2CCCC2)CCN2CCCCC2)cn1. The van der Waals surface area contributed by atoms with Crippen LogP contribution in [0.15, 0.2) is 12.4 Å². The number of piperidine rings is 1. The summed E-state index contributed by atoms with van der Waals surface area (Å²) in [5.41, 5.74) is 1.14. The normalized spacial score (nSPS) is 17.9. The summed E-state index contributed by atoms with van der Waals surface area (Å²) < 4.78 is 0. The van der Waals surface area contributed by atoms with E-state index >= 15 is 0 Å². The van der Waals surface area contributed by atoms with Crippen LogP contribution in [0.2, 0.25) is 0 Å². The van der Waals surface area contributed by atoms with E-state index in [4.69, 9.17) is 0 Å². The number of carbonyl (C=O) groups is 2. The molecule has 148 valence electrons. The number of likely N-dealkylation sites (tertiary alicyclic amines) is 2. The summed E-state index contributed by atoms with van der Waals surface area (Å²) in [7, 11) is 0. The molecule has 0 atom stereocenters. The minimum atomic E-state index is -0.131. The van der Waals surface area contributed by atoms with Crippen LogP contribution in [0.4, 0.5) is 0 Å². The number of hydrogen-bond donors (Lipinski definition) is 0. The zero-order valence-electron chi connectivity index (χ0n) is 16.4. The standard InChI is InChI=1S/C20H31N5O2/c1-17-15-22-18(16-21-17)20(27)25(14-13-23-8-3-2-4-9-23)12-7-19(26)24-10-5-6-11-24/h15-16H,2-14H2,1H3. The minimum absolute atomic E-state index is 0.131. The molecule has 0 spiro atoms. The largest absolute Gasteiger partial charge is 0.343 e. The average Bonchev–Trinajstić information content (AvgIpc) is 3.24. The van der Waals surface area contributed by atoms with Crippen molar-refractivity contribution in [2.45, 2.75) is 45.4 Å². The van der Waals surface area contributed by atoms with E-state index in [2.05, 4.69) is 14.9 Å². The summed E-state index contributed by atoms with van der Waals surface area (Å²) in [5, 5.41) is 0. The molecule has 7 heteroatoms. The fourth-order valence-electron chi connectivity index (χ4n) is 3.78. The van der Waals surface area contributed by atoms with Gasteiger partial charge in [-0.3, -0.25) is 14.6 Å². The van der Waals surface area contributed by atoms with Crippen LogP contribution in [0.5, 0.6) is 0 Å². The predicted octanol–water partition coefficient (Wildman–Crippen LogP) is 1.73. The van der Waals surface area contributed by atoms with Gasteiger partial charge in [0.1, 0.15) is 5.69 Å². The van der Waals surface area contributed by atoms with Gasteiger partial charge in [0, 0.05) is 45.3 Å². The summed E-state index contributed by atoms with van der Waals surface area (Å²) in [4.78, 5) is 39.9. The van der Waals surface area contributed by atoms with Gasteiger partial charge in [0.2, 0.25) is 5.91 Å². The maximum Gasteiger partial charge on any atom is 0.274 e. The van der Waals surface area contributed by atoms with Crippen molar-refractivity contribution in [3.8, 4) is 0 Å². The first-order valence-electron chi connectivity index (χ1n) is 10.2. The van der Waals surface area contributed by atoms with E-state index in [1.165, 1.54) is 25.5 Å². The van der Waals surface area contributed by atoms with Gasteiger partial charge >= 0.3 is 0 Å². The zero-order valence-corrected chi connectivity index (χ0v) is 16.4. The van der Waals surface area contributed by atoms with Crippen LogP contribution in [0, 0.1) is 6.92 Å². The van der Waals surface area contributed by atoms with Gasteiger partial charge in [-0.15, -0.1) is 0 Å². The molecule has 1 aromatic rings. The maximum absolute atomic E-state index is 12.9. The first kappa shape index (κ1) is 19.7. The molecular weight excluding hydrogens is 342 g/mol. The van der Waals surface area contributed by atoms with E-state index in [-0.39, 0.29) is 11.8 Å². The third kappa shape index (κ3) is 5.73. The van der Waals surface area contributed by atoms with Crippen LogP contribution >= 0.6 is 0 Å². The van der Waals surface area contributed by atoms with Crippen LogP contribution in [0.25, 0.3) is 0 Å². The van der Waals surface area contributed by atoms with Crippen molar-refractivity contribution < 1.29 is 9.59 Å². The van der Waals surface area contributed by atoms with Gasteiger partial charge in [0.15, 0.2) is 0 Å². The number of hydrogen-bond acceptors (Lipinski definition) is 5. The molecule has 0 bridgehead atoms. The van der Waals surface area contributed by atoms with Crippen molar-refractivity contribution in [1.29, 1.82) is 0 Å². The Hall–Kier alpha value is -2.02. The summed E-state index contributed by atoms with van der Waals surface area (Å²) in [6.45, 7) is 7.67. The molecule has 2 fully saturated rings. The average molecular weight is 374 g/mol. The van der Waals surface area contributed by atoms with E-state index in [1.807, 2.05) is 11.8 Å². The van der Waals surface area contributed by atoms with E-state index in [1.54, 1.807) is 11.1 Å². The molecule has 7 nitrogen and oxygen atoms in total. The summed E-state index contributed by atoms with van der Waals surface area (Å²) in [6.07, 6.45) is 9.45. The first-order valence-corrected chi connectivity index (χ1v) is 10.2. The Morgan fingerprint density at radius 3 is 2.33 bits per heavy atom. The monoisotopic (exact) mass is 373 g/mol. The Labute approximate surface area is 161 Å². The lowest BCUT2D eigenvalue weighted by atomic mass is 10.1. The highest BCUT2D eigenvalue weighted by Gasteiger charge is 2.23. The van der Waals surface area contributed by atoms with Gasteiger partial charge in [-0.25, -0.2) is 4.98 Å². The van der Waals surface area contributed by atoms with Gasteiger partial charge in [-0.2, -0.15) is 0 Å². The first-order chi connectivity index (χ1) is 13.1. The second-order valence-corrected chi connectivity index (χ2v) is 7.58. The molecule has 0 saturated carbocycles. The highest BCUT2D eigenvalue weighted by molar-refractivity contribution is 5.92. The second kappa shape index (κ2) is 9.78. The lowest BCUT2D eigenvalue weighted by Crippen LogP contribution is -2.42. The smallest absolute Gasteiger partial charge is 0.274 e. The van der Waals surface area contributed by atoms with E-state index in [0.717, 1.165) is 51.3 Å². The highest BCUT2D eigenvalue weighted by atomic mass is 16.2. The quantitative estimate of drug-likeness (QED) is 0.728. The lowest BCUT2D eigenvalue weighted by Gasteiger charge is -2.30. The molecule has 0 aromatic carbocycles. The van der Waals surface area contributed by atoms with Crippen molar-refractivity contribution in [2.75, 3.05) is 45.8 Å². The molecule has 0 unspecified atom stereocenters. The number of carbonyl (C=O) groups excluding carboxylic acids is 2. The Bertz CT molecular complexity index is 622. The number of aryl methyl sites for hydroxylation is 1. The van der Waals surface area contributed by atoms with Gasteiger partial charge in [0.05, 0.1) is 11.9 Å². The molecule has 2 amide bonds. The fourth-order valence-corrected chi connectivity index (χ4v) is 3.78. The van der Waals surface area contributed by atoms with Gasteiger partial charge < -0.3 is 14.7 Å². The molecule has 2 saturated heterocycles. The lowest BCUT2D eigenvalue weighted by molar-refractivity contribution is -0.130. The van der Waals surface area contributed by atoms with Crippen molar-refractivity contribution in [3.63, 3.8) is 0 Å². The topological polar surface area (TPSA) is 69.6 Å². The molecule has 1 aromatic heterocycles. The molecule has 27 heavy (non-hydrogen) atoms. The molecule has 2 aliphatic rings. The number of nitrogens with zero attached hydrogens (tertiary/aromatic N) is 5. The highest BCUT2D eigenvalue weighted by Crippen LogP contribution is 2.12.